The van der Waals surface area contributed by atoms with Crippen molar-refractivity contribution < 1.29 is 8.83 Å². The Balaban J connectivity index is 1.39. The maximum absolute atomic E-state index is 6.81. The maximum atomic E-state index is 6.81. The van der Waals surface area contributed by atoms with Crippen LogP contribution in [0.3, 0.4) is 0 Å². The largest absolute Gasteiger partial charge is 0.459 e. The van der Waals surface area contributed by atoms with Gasteiger partial charge in [0.1, 0.15) is 16.9 Å². The van der Waals surface area contributed by atoms with Gasteiger partial charge in [-0.15, -0.1) is 0 Å². The zero-order valence-electron chi connectivity index (χ0n) is 30.3. The number of hydrogen-bond donors (Lipinski definition) is 0. The molecule has 4 heteroatoms. The number of nitrogens with zero attached hydrogens (tertiary/aromatic N) is 2. The average Bonchev–Trinajstić information content (AvgIpc) is 3.56. The fourth-order valence-corrected chi connectivity index (χ4v) is 8.10. The molecule has 2 aromatic heterocycles. The van der Waals surface area contributed by atoms with E-state index in [1.165, 1.54) is 5.39 Å². The van der Waals surface area contributed by atoms with Crippen LogP contribution in [0.1, 0.15) is 11.3 Å². The highest BCUT2D eigenvalue weighted by atomic mass is 16.3. The average molecular weight is 709 g/mol. The van der Waals surface area contributed by atoms with E-state index in [0.717, 1.165) is 94.2 Å². The number of para-hydroxylation sites is 3. The highest BCUT2D eigenvalue weighted by Crippen LogP contribution is 2.43. The Morgan fingerprint density at radius 1 is 0.545 bits per heavy atom. The molecule has 0 N–H and O–H groups in total. The second-order valence-corrected chi connectivity index (χ2v) is 13.8. The summed E-state index contributed by atoms with van der Waals surface area (Å²) in [6.07, 6.45) is 5.82. The molecule has 4 nitrogen and oxygen atoms in total. The summed E-state index contributed by atoms with van der Waals surface area (Å²) < 4.78 is 15.8. The summed E-state index contributed by atoms with van der Waals surface area (Å²) in [5.74, 6) is 0.858. The molecule has 4 bridgehead atoms. The molecule has 0 fully saturated rings. The van der Waals surface area contributed by atoms with Crippen molar-refractivity contribution in [3.05, 3.63) is 200 Å². The molecule has 55 heavy (non-hydrogen) atoms. The standard InChI is InChI=1S/C51H36N2O2/c1-3-4-22-40-34(2)54-51-45(40)27-15-28-49(51)53(36-18-9-6-10-19-36)38-29-30-48-47(32-38)43-26-14-25-42-41-23-11-12-24-44(41)50(33-46(42)43)55-39-21-13-20-37(31-39)52(48)35-16-7-5-8-17-35/h3-33H,1H2,2H3/b22-4-. The second-order valence-electron chi connectivity index (χ2n) is 13.8. The number of aryl methyl sites for hydroxylation is 1. The van der Waals surface area contributed by atoms with Crippen molar-refractivity contribution in [1.29, 1.82) is 0 Å². The van der Waals surface area contributed by atoms with Gasteiger partial charge in [0.25, 0.3) is 0 Å². The van der Waals surface area contributed by atoms with Gasteiger partial charge >= 0.3 is 0 Å². The first-order chi connectivity index (χ1) is 27.2. The fraction of sp³-hybridized carbons (Fsp3) is 0.0196. The molecule has 0 saturated carbocycles. The van der Waals surface area contributed by atoms with Gasteiger partial charge in [0.2, 0.25) is 0 Å². The Kier molecular flexibility index (Phi) is 7.81. The van der Waals surface area contributed by atoms with Crippen molar-refractivity contribution in [1.82, 2.24) is 4.57 Å². The molecule has 0 aliphatic carbocycles. The summed E-state index contributed by atoms with van der Waals surface area (Å²) in [5.41, 5.74) is 9.55. The molecule has 0 radical (unpaired) electrons. The summed E-state index contributed by atoms with van der Waals surface area (Å²) in [4.78, 5) is 2.31. The van der Waals surface area contributed by atoms with Crippen LogP contribution < -0.4 is 4.90 Å². The molecule has 0 aliphatic rings. The van der Waals surface area contributed by atoms with Crippen LogP contribution in [-0.2, 0) is 0 Å². The number of furan rings is 1. The molecule has 0 saturated heterocycles. The minimum Gasteiger partial charge on any atom is -0.459 e. The van der Waals surface area contributed by atoms with E-state index >= 15 is 0 Å². The Morgan fingerprint density at radius 3 is 2.04 bits per heavy atom. The van der Waals surface area contributed by atoms with Crippen molar-refractivity contribution >= 4 is 88.6 Å². The Morgan fingerprint density at radius 2 is 1.22 bits per heavy atom. The van der Waals surface area contributed by atoms with E-state index in [1.807, 2.05) is 19.1 Å². The van der Waals surface area contributed by atoms with Gasteiger partial charge in [-0.05, 0) is 95.2 Å². The van der Waals surface area contributed by atoms with E-state index < -0.39 is 0 Å². The Labute approximate surface area is 318 Å². The number of fused-ring (bicyclic) bond motifs is 9. The van der Waals surface area contributed by atoms with Crippen LogP contribution in [-0.4, -0.2) is 4.57 Å². The van der Waals surface area contributed by atoms with E-state index in [0.29, 0.717) is 0 Å². The predicted molar refractivity (Wildman–Crippen MR) is 232 cm³/mol. The summed E-state index contributed by atoms with van der Waals surface area (Å²) in [6.45, 7) is 5.91. The molecule has 10 rings (SSSR count). The van der Waals surface area contributed by atoms with Crippen LogP contribution in [0.5, 0.6) is 0 Å². The zero-order valence-corrected chi connectivity index (χ0v) is 30.3. The summed E-state index contributed by atoms with van der Waals surface area (Å²) in [7, 11) is 0. The van der Waals surface area contributed by atoms with Gasteiger partial charge in [0.15, 0.2) is 5.58 Å². The second kappa shape index (κ2) is 13.3. The molecule has 2 heterocycles. The first kappa shape index (κ1) is 32.4. The lowest BCUT2D eigenvalue weighted by molar-refractivity contribution is 0.578. The number of rotatable bonds is 6. The number of hydrogen-bond acceptors (Lipinski definition) is 3. The van der Waals surface area contributed by atoms with E-state index in [-0.39, 0.29) is 0 Å². The van der Waals surface area contributed by atoms with Crippen molar-refractivity contribution in [2.75, 3.05) is 4.90 Å². The van der Waals surface area contributed by atoms with Crippen molar-refractivity contribution in [3.63, 3.8) is 0 Å². The molecule has 8 aromatic carbocycles. The zero-order chi connectivity index (χ0) is 36.9. The van der Waals surface area contributed by atoms with Crippen molar-refractivity contribution in [2.24, 2.45) is 0 Å². The van der Waals surface area contributed by atoms with Gasteiger partial charge in [0.05, 0.1) is 11.2 Å². The topological polar surface area (TPSA) is 34.5 Å². The third-order valence-electron chi connectivity index (χ3n) is 10.5. The van der Waals surface area contributed by atoms with Gasteiger partial charge in [-0.2, -0.15) is 0 Å². The first-order valence-corrected chi connectivity index (χ1v) is 18.5. The Hall–Kier alpha value is -7.30. The number of benzene rings is 8. The lowest BCUT2D eigenvalue weighted by Crippen LogP contribution is -2.10. The molecule has 0 spiro atoms. The molecule has 0 unspecified atom stereocenters. The van der Waals surface area contributed by atoms with Crippen LogP contribution in [0.15, 0.2) is 197 Å². The minimum absolute atomic E-state index is 0.778. The fourth-order valence-electron chi connectivity index (χ4n) is 8.10. The highest BCUT2D eigenvalue weighted by Gasteiger charge is 2.21. The van der Waals surface area contributed by atoms with Gasteiger partial charge in [-0.25, -0.2) is 0 Å². The SMILES string of the molecule is C=C/C=C\c1c(C)oc2c(N(c3ccccc3)c3ccc4c(c3)c3cccc5c6ccccc6c(cc53)oc3cccc(c3)n4-c3ccccc3)cccc12. The molecule has 0 atom stereocenters. The van der Waals surface area contributed by atoms with Crippen LogP contribution >= 0.6 is 0 Å². The lowest BCUT2D eigenvalue weighted by atomic mass is 9.97. The molecule has 10 aromatic rings. The monoisotopic (exact) mass is 708 g/mol. The van der Waals surface area contributed by atoms with Crippen molar-refractivity contribution in [3.8, 4) is 5.69 Å². The summed E-state index contributed by atoms with van der Waals surface area (Å²) in [6, 6.07) is 60.0. The van der Waals surface area contributed by atoms with E-state index in [4.69, 9.17) is 8.83 Å². The van der Waals surface area contributed by atoms with Crippen LogP contribution in [0.4, 0.5) is 17.1 Å². The molecule has 262 valence electrons. The minimum atomic E-state index is 0.778. The summed E-state index contributed by atoms with van der Waals surface area (Å²) in [5, 5.41) is 7.75. The Bertz CT molecular complexity index is 3180. The maximum Gasteiger partial charge on any atom is 0.158 e. The molecular formula is C51H36N2O2. The van der Waals surface area contributed by atoms with E-state index in [1.54, 1.807) is 6.08 Å². The van der Waals surface area contributed by atoms with E-state index in [2.05, 4.69) is 186 Å². The quantitative estimate of drug-likeness (QED) is 0.127. The summed E-state index contributed by atoms with van der Waals surface area (Å²) >= 11 is 0. The van der Waals surface area contributed by atoms with Gasteiger partial charge in [-0.1, -0.05) is 122 Å². The van der Waals surface area contributed by atoms with E-state index in [9.17, 15) is 0 Å². The number of aromatic nitrogens is 1. The third-order valence-corrected chi connectivity index (χ3v) is 10.5. The van der Waals surface area contributed by atoms with Crippen LogP contribution in [0.25, 0.3) is 77.2 Å². The predicted octanol–water partition coefficient (Wildman–Crippen LogP) is 14.7. The first-order valence-electron chi connectivity index (χ1n) is 18.5. The lowest BCUT2D eigenvalue weighted by Gasteiger charge is -2.26. The molecule has 0 aliphatic heterocycles. The van der Waals surface area contributed by atoms with Crippen molar-refractivity contribution in [2.45, 2.75) is 6.92 Å². The van der Waals surface area contributed by atoms with Gasteiger partial charge in [-0.3, -0.25) is 0 Å². The molecular weight excluding hydrogens is 673 g/mol. The van der Waals surface area contributed by atoms with Crippen LogP contribution in [0.2, 0.25) is 0 Å². The normalized spacial score (nSPS) is 11.7. The third kappa shape index (κ3) is 5.46. The molecule has 0 amide bonds. The van der Waals surface area contributed by atoms with Crippen LogP contribution in [0, 0.1) is 6.92 Å². The number of allylic oxidation sites excluding steroid dienone is 2. The number of anilines is 3. The van der Waals surface area contributed by atoms with Gasteiger partial charge < -0.3 is 18.3 Å². The smallest absolute Gasteiger partial charge is 0.158 e. The van der Waals surface area contributed by atoms with Gasteiger partial charge in [0, 0.05) is 50.4 Å². The highest BCUT2D eigenvalue weighted by molar-refractivity contribution is 6.22.